The molecule has 3 aromatic rings. The number of aromatic nitrogens is 1. The predicted molar refractivity (Wildman–Crippen MR) is 172 cm³/mol. The normalized spacial score (nSPS) is 20.1. The third-order valence-corrected chi connectivity index (χ3v) is 9.62. The summed E-state index contributed by atoms with van der Waals surface area (Å²) in [6.07, 6.45) is 2.76. The lowest BCUT2D eigenvalue weighted by atomic mass is 9.94. The fourth-order valence-corrected chi connectivity index (χ4v) is 7.21. The van der Waals surface area contributed by atoms with Gasteiger partial charge in [-0.2, -0.15) is 15.5 Å². The molecule has 1 amide bonds. The molecule has 4 heterocycles. The highest BCUT2D eigenvalue weighted by Gasteiger charge is 2.36. The van der Waals surface area contributed by atoms with Gasteiger partial charge in [-0.05, 0) is 50.4 Å². The number of anilines is 2. The third kappa shape index (κ3) is 5.88. The van der Waals surface area contributed by atoms with E-state index in [0.717, 1.165) is 47.0 Å². The highest BCUT2D eigenvalue weighted by atomic mass is 35.5. The van der Waals surface area contributed by atoms with Crippen molar-refractivity contribution in [3.63, 3.8) is 0 Å². The summed E-state index contributed by atoms with van der Waals surface area (Å²) in [4.78, 5) is 25.5. The van der Waals surface area contributed by atoms with Crippen LogP contribution in [0.1, 0.15) is 36.0 Å². The molecule has 3 aliphatic heterocycles. The average Bonchev–Trinajstić information content (AvgIpc) is 3.46. The van der Waals surface area contributed by atoms with Crippen LogP contribution < -0.4 is 14.5 Å². The van der Waals surface area contributed by atoms with E-state index < -0.39 is 17.8 Å². The second-order valence-electron chi connectivity index (χ2n) is 11.9. The number of halogens is 2. The molecule has 3 aliphatic rings. The van der Waals surface area contributed by atoms with Gasteiger partial charge in [-0.25, -0.2) is 4.39 Å². The van der Waals surface area contributed by atoms with E-state index in [-0.39, 0.29) is 24.9 Å². The van der Waals surface area contributed by atoms with Gasteiger partial charge in [0, 0.05) is 61.0 Å². The number of hydrogen-bond acceptors (Lipinski definition) is 8. The Morgan fingerprint density at radius 1 is 1.11 bits per heavy atom. The van der Waals surface area contributed by atoms with Crippen molar-refractivity contribution in [2.24, 2.45) is 0 Å². The number of likely N-dealkylation sites (N-methyl/N-ethyl adjacent to an activating group) is 1. The van der Waals surface area contributed by atoms with Gasteiger partial charge < -0.3 is 24.3 Å². The summed E-state index contributed by atoms with van der Waals surface area (Å²) in [5.74, 6) is -0.861. The van der Waals surface area contributed by atoms with Gasteiger partial charge in [-0.15, -0.1) is 0 Å². The Kier molecular flexibility index (Phi) is 8.80. The summed E-state index contributed by atoms with van der Waals surface area (Å²) in [6.45, 7) is 6.62. The zero-order chi connectivity index (χ0) is 31.7. The number of benzene rings is 2. The van der Waals surface area contributed by atoms with Crippen LogP contribution in [0.5, 0.6) is 5.88 Å². The van der Waals surface area contributed by atoms with Crippen LogP contribution in [-0.4, -0.2) is 79.2 Å². The number of fused-ring (bicyclic) bond motifs is 2. The Labute approximate surface area is 267 Å². The monoisotopic (exact) mass is 627 g/mol. The molecule has 9 nitrogen and oxygen atoms in total. The van der Waals surface area contributed by atoms with Gasteiger partial charge in [0.25, 0.3) is 5.91 Å². The average molecular weight is 628 g/mol. The van der Waals surface area contributed by atoms with Crippen LogP contribution in [0.4, 0.5) is 15.9 Å². The van der Waals surface area contributed by atoms with Crippen LogP contribution in [0.2, 0.25) is 5.02 Å². The SMILES string of the molecule is C=C(F)C(=O)N1CCN(c2nc(OC[C@@H]3CCCN3C)c(C#N)c3c2CCN(c2cccc4cccc(Cl)c24)C3)C[C@H]1CC#N. The Bertz CT molecular complexity index is 1730. The fraction of sp³-hybridized carbons (Fsp3) is 0.412. The first-order valence-electron chi connectivity index (χ1n) is 15.3. The number of carbonyl (C=O) groups is 1. The lowest BCUT2D eigenvalue weighted by molar-refractivity contribution is -0.131. The van der Waals surface area contributed by atoms with E-state index >= 15 is 0 Å². The third-order valence-electron chi connectivity index (χ3n) is 9.31. The number of rotatable bonds is 7. The summed E-state index contributed by atoms with van der Waals surface area (Å²) in [7, 11) is 2.08. The summed E-state index contributed by atoms with van der Waals surface area (Å²) in [5, 5.41) is 22.7. The molecule has 2 aromatic carbocycles. The second kappa shape index (κ2) is 12.9. The number of ether oxygens (including phenoxy) is 1. The quantitative estimate of drug-likeness (QED) is 0.329. The Morgan fingerprint density at radius 3 is 2.62 bits per heavy atom. The van der Waals surface area contributed by atoms with Crippen molar-refractivity contribution in [1.29, 1.82) is 10.5 Å². The van der Waals surface area contributed by atoms with Crippen LogP contribution in [0.15, 0.2) is 48.8 Å². The number of piperazine rings is 1. The predicted octanol–water partition coefficient (Wildman–Crippen LogP) is 5.21. The highest BCUT2D eigenvalue weighted by molar-refractivity contribution is 6.36. The van der Waals surface area contributed by atoms with Gasteiger partial charge in [-0.1, -0.05) is 42.4 Å². The zero-order valence-electron chi connectivity index (χ0n) is 25.3. The van der Waals surface area contributed by atoms with Crippen molar-refractivity contribution in [1.82, 2.24) is 14.8 Å². The second-order valence-corrected chi connectivity index (χ2v) is 12.3. The Hall–Kier alpha value is -4.38. The standard InChI is InChI=1S/C34H35ClFN7O2/c1-22(36)34(44)43-17-16-42(19-24(43)11-13-37)32-26-12-15-41(30-10-4-7-23-6-3-9-29(35)31(23)30)20-28(26)27(18-38)33(39-32)45-21-25-8-5-14-40(25)2/h3-4,6-7,9-10,24-25H,1,5,8,11-12,14-17,19-21H2,2H3/t24-,25+/m1/s1. The van der Waals surface area contributed by atoms with E-state index in [4.69, 9.17) is 21.3 Å². The van der Waals surface area contributed by atoms with Crippen molar-refractivity contribution in [3.05, 3.63) is 70.5 Å². The first-order valence-corrected chi connectivity index (χ1v) is 15.7. The van der Waals surface area contributed by atoms with Gasteiger partial charge >= 0.3 is 0 Å². The van der Waals surface area contributed by atoms with E-state index in [1.807, 2.05) is 35.2 Å². The van der Waals surface area contributed by atoms with Crippen molar-refractivity contribution in [2.45, 2.75) is 44.3 Å². The summed E-state index contributed by atoms with van der Waals surface area (Å²) >= 11 is 6.70. The van der Waals surface area contributed by atoms with Crippen molar-refractivity contribution in [3.8, 4) is 18.0 Å². The Balaban J connectivity index is 1.40. The van der Waals surface area contributed by atoms with Crippen LogP contribution in [-0.2, 0) is 17.8 Å². The van der Waals surface area contributed by atoms with Crippen LogP contribution in [0.25, 0.3) is 10.8 Å². The number of hydrogen-bond donors (Lipinski definition) is 0. The summed E-state index contributed by atoms with van der Waals surface area (Å²) < 4.78 is 20.2. The maximum absolute atomic E-state index is 13.9. The number of nitrogens with zero attached hydrogens (tertiary/aromatic N) is 7. The molecule has 2 saturated heterocycles. The van der Waals surface area contributed by atoms with Gasteiger partial charge in [0.2, 0.25) is 5.88 Å². The van der Waals surface area contributed by atoms with Gasteiger partial charge in [0.1, 0.15) is 24.1 Å². The van der Waals surface area contributed by atoms with E-state index in [0.29, 0.717) is 55.6 Å². The van der Waals surface area contributed by atoms with Crippen LogP contribution in [0.3, 0.4) is 0 Å². The summed E-state index contributed by atoms with van der Waals surface area (Å²) in [6, 6.07) is 16.2. The largest absolute Gasteiger partial charge is 0.475 e. The molecular weight excluding hydrogens is 593 g/mol. The fourth-order valence-electron chi connectivity index (χ4n) is 6.93. The number of likely N-dealkylation sites (tertiary alicyclic amines) is 1. The molecule has 0 N–H and O–H groups in total. The molecule has 232 valence electrons. The van der Waals surface area contributed by atoms with Crippen molar-refractivity contribution in [2.75, 3.05) is 56.2 Å². The first kappa shape index (κ1) is 30.6. The molecule has 0 spiro atoms. The zero-order valence-corrected chi connectivity index (χ0v) is 26.1. The molecule has 45 heavy (non-hydrogen) atoms. The number of nitriles is 2. The Morgan fingerprint density at radius 2 is 1.91 bits per heavy atom. The first-order chi connectivity index (χ1) is 21.8. The van der Waals surface area contributed by atoms with Crippen LogP contribution in [0, 0.1) is 22.7 Å². The van der Waals surface area contributed by atoms with E-state index in [1.165, 1.54) is 4.90 Å². The maximum atomic E-state index is 13.9. The number of amides is 1. The van der Waals surface area contributed by atoms with Gasteiger partial charge in [0.15, 0.2) is 5.83 Å². The van der Waals surface area contributed by atoms with Crippen LogP contribution >= 0.6 is 11.6 Å². The van der Waals surface area contributed by atoms with Crippen molar-refractivity contribution < 1.29 is 13.9 Å². The van der Waals surface area contributed by atoms with E-state index in [9.17, 15) is 19.7 Å². The molecule has 0 bridgehead atoms. The molecule has 0 saturated carbocycles. The van der Waals surface area contributed by atoms with E-state index in [2.05, 4.69) is 41.6 Å². The molecule has 2 atom stereocenters. The lowest BCUT2D eigenvalue weighted by Gasteiger charge is -2.42. The molecule has 1 aromatic heterocycles. The topological polar surface area (TPSA) is 99.7 Å². The minimum atomic E-state index is -1.04. The molecular formula is C34H35ClFN7O2. The molecule has 2 fully saturated rings. The molecule has 0 radical (unpaired) electrons. The minimum absolute atomic E-state index is 0.0426. The molecule has 0 unspecified atom stereocenters. The minimum Gasteiger partial charge on any atom is -0.475 e. The molecule has 11 heteroatoms. The number of carbonyl (C=O) groups excluding carboxylic acids is 1. The molecule has 0 aliphatic carbocycles. The number of pyridine rings is 1. The van der Waals surface area contributed by atoms with Gasteiger partial charge in [0.05, 0.1) is 23.6 Å². The maximum Gasteiger partial charge on any atom is 0.282 e. The van der Waals surface area contributed by atoms with Gasteiger partial charge in [-0.3, -0.25) is 4.79 Å². The molecule has 6 rings (SSSR count). The summed E-state index contributed by atoms with van der Waals surface area (Å²) in [5.41, 5.74) is 3.21. The smallest absolute Gasteiger partial charge is 0.282 e. The van der Waals surface area contributed by atoms with Crippen molar-refractivity contribution >= 4 is 39.8 Å². The van der Waals surface area contributed by atoms with E-state index in [1.54, 1.807) is 0 Å². The lowest BCUT2D eigenvalue weighted by Crippen LogP contribution is -2.55. The highest BCUT2D eigenvalue weighted by Crippen LogP contribution is 2.40.